The third-order valence-corrected chi connectivity index (χ3v) is 1.75. The van der Waals surface area contributed by atoms with Crippen LogP contribution in [-0.2, 0) is 9.53 Å². The Hall–Kier alpha value is -1.84. The molecule has 79 valence electrons. The van der Waals surface area contributed by atoms with Gasteiger partial charge in [0.25, 0.3) is 0 Å². The van der Waals surface area contributed by atoms with Crippen LogP contribution in [-0.4, -0.2) is 11.9 Å². The number of hydrogen-bond donors (Lipinski definition) is 0. The van der Waals surface area contributed by atoms with Gasteiger partial charge in [0.15, 0.2) is 0 Å². The van der Waals surface area contributed by atoms with E-state index >= 15 is 0 Å². The van der Waals surface area contributed by atoms with Gasteiger partial charge in [-0.2, -0.15) is 0 Å². The van der Waals surface area contributed by atoms with E-state index in [9.17, 15) is 9.59 Å². The molecule has 4 heteroatoms. The van der Waals surface area contributed by atoms with Gasteiger partial charge in [0, 0.05) is 6.42 Å². The average Bonchev–Trinajstić information content (AvgIpc) is 2.28. The van der Waals surface area contributed by atoms with Crippen LogP contribution in [0, 0.1) is 7.11 Å². The van der Waals surface area contributed by atoms with Gasteiger partial charge in [0.2, 0.25) is 0 Å². The van der Waals surface area contributed by atoms with Crippen LogP contribution in [0.15, 0.2) is 24.3 Å². The van der Waals surface area contributed by atoms with E-state index in [-0.39, 0.29) is 17.7 Å². The van der Waals surface area contributed by atoms with E-state index in [2.05, 4.69) is 11.8 Å². The molecule has 1 rings (SSSR count). The Morgan fingerprint density at radius 2 is 2.00 bits per heavy atom. The van der Waals surface area contributed by atoms with Crippen LogP contribution in [0.3, 0.4) is 0 Å². The number of hydrogen-bond acceptors (Lipinski definition) is 4. The van der Waals surface area contributed by atoms with Gasteiger partial charge in [-0.3, -0.25) is 4.79 Å². The molecule has 15 heavy (non-hydrogen) atoms. The van der Waals surface area contributed by atoms with Crippen molar-refractivity contribution in [1.82, 2.24) is 0 Å². The van der Waals surface area contributed by atoms with Crippen LogP contribution >= 0.6 is 0 Å². The van der Waals surface area contributed by atoms with E-state index in [4.69, 9.17) is 4.74 Å². The van der Waals surface area contributed by atoms with Crippen molar-refractivity contribution in [3.63, 3.8) is 0 Å². The van der Waals surface area contributed by atoms with Crippen LogP contribution in [0.1, 0.15) is 23.7 Å². The SMILES string of the molecule is [CH2]OC(=O)c1ccccc1OC(=O)CC. The maximum Gasteiger partial charge on any atom is 0.342 e. The first-order valence-electron chi connectivity index (χ1n) is 4.45. The molecule has 0 aliphatic heterocycles. The molecule has 0 N–H and O–H groups in total. The highest BCUT2D eigenvalue weighted by atomic mass is 16.5. The van der Waals surface area contributed by atoms with E-state index in [0.717, 1.165) is 0 Å². The van der Waals surface area contributed by atoms with Crippen molar-refractivity contribution in [3.8, 4) is 5.75 Å². The lowest BCUT2D eigenvalue weighted by Crippen LogP contribution is -2.10. The monoisotopic (exact) mass is 207 g/mol. The summed E-state index contributed by atoms with van der Waals surface area (Å²) < 4.78 is 9.26. The maximum absolute atomic E-state index is 11.2. The van der Waals surface area contributed by atoms with E-state index in [0.29, 0.717) is 0 Å². The molecule has 0 saturated carbocycles. The Kier molecular flexibility index (Phi) is 3.85. The van der Waals surface area contributed by atoms with E-state index in [1.54, 1.807) is 19.1 Å². The Morgan fingerprint density at radius 3 is 2.60 bits per heavy atom. The zero-order valence-electron chi connectivity index (χ0n) is 8.36. The molecule has 0 amide bonds. The van der Waals surface area contributed by atoms with Crippen molar-refractivity contribution in [1.29, 1.82) is 0 Å². The number of benzene rings is 1. The third-order valence-electron chi connectivity index (χ3n) is 1.75. The molecular formula is C11H11O4. The van der Waals surface area contributed by atoms with Crippen molar-refractivity contribution >= 4 is 11.9 Å². The van der Waals surface area contributed by atoms with Gasteiger partial charge in [0.1, 0.15) is 18.4 Å². The molecule has 0 atom stereocenters. The lowest BCUT2D eigenvalue weighted by atomic mass is 10.2. The van der Waals surface area contributed by atoms with Crippen LogP contribution in [0.4, 0.5) is 0 Å². The lowest BCUT2D eigenvalue weighted by Gasteiger charge is -2.06. The maximum atomic E-state index is 11.2. The van der Waals surface area contributed by atoms with E-state index < -0.39 is 11.9 Å². The molecule has 0 aliphatic rings. The first kappa shape index (κ1) is 11.2. The standard InChI is InChI=1S/C11H11O4/c1-3-10(12)15-9-7-5-4-6-8(9)11(13)14-2/h4-7H,2-3H2,1H3. The quantitative estimate of drug-likeness (QED) is 0.561. The smallest absolute Gasteiger partial charge is 0.342 e. The van der Waals surface area contributed by atoms with Gasteiger partial charge in [-0.15, -0.1) is 0 Å². The zero-order chi connectivity index (χ0) is 11.3. The average molecular weight is 207 g/mol. The van der Waals surface area contributed by atoms with Gasteiger partial charge in [-0.05, 0) is 12.1 Å². The summed E-state index contributed by atoms with van der Waals surface area (Å²) in [5.74, 6) is -0.841. The highest BCUT2D eigenvalue weighted by molar-refractivity contribution is 5.93. The van der Waals surface area contributed by atoms with Crippen LogP contribution in [0.2, 0.25) is 0 Å². The molecule has 1 aromatic carbocycles. The number of esters is 2. The largest absolute Gasteiger partial charge is 0.458 e. The highest BCUT2D eigenvalue weighted by Crippen LogP contribution is 2.19. The van der Waals surface area contributed by atoms with Crippen molar-refractivity contribution in [2.24, 2.45) is 0 Å². The Bertz CT molecular complexity index is 371. The molecule has 1 radical (unpaired) electrons. The van der Waals surface area contributed by atoms with E-state index in [1.807, 2.05) is 0 Å². The van der Waals surface area contributed by atoms with Gasteiger partial charge >= 0.3 is 11.9 Å². The normalized spacial score (nSPS) is 9.47. The van der Waals surface area contributed by atoms with E-state index in [1.165, 1.54) is 12.1 Å². The summed E-state index contributed by atoms with van der Waals surface area (Å²) in [6, 6.07) is 6.35. The summed E-state index contributed by atoms with van der Waals surface area (Å²) in [5, 5.41) is 0. The Balaban J connectivity index is 2.96. The number of carbonyl (C=O) groups excluding carboxylic acids is 2. The van der Waals surface area contributed by atoms with Crippen molar-refractivity contribution < 1.29 is 19.1 Å². The predicted molar refractivity (Wildman–Crippen MR) is 53.1 cm³/mol. The summed E-state index contributed by atoms with van der Waals surface area (Å²) in [6.07, 6.45) is 0.244. The molecule has 0 saturated heterocycles. The topological polar surface area (TPSA) is 52.6 Å². The first-order valence-corrected chi connectivity index (χ1v) is 4.45. The number of ether oxygens (including phenoxy) is 2. The minimum absolute atomic E-state index is 0.189. The van der Waals surface area contributed by atoms with Crippen LogP contribution in [0.25, 0.3) is 0 Å². The second kappa shape index (κ2) is 5.14. The van der Waals surface area contributed by atoms with Crippen molar-refractivity contribution in [3.05, 3.63) is 36.9 Å². The zero-order valence-corrected chi connectivity index (χ0v) is 8.36. The fourth-order valence-corrected chi connectivity index (χ4v) is 0.997. The number of carbonyl (C=O) groups is 2. The van der Waals surface area contributed by atoms with Crippen molar-refractivity contribution in [2.75, 3.05) is 0 Å². The third kappa shape index (κ3) is 2.80. The molecular weight excluding hydrogens is 196 g/mol. The molecule has 1 aromatic rings. The fourth-order valence-electron chi connectivity index (χ4n) is 0.997. The summed E-state index contributed by atoms with van der Waals surface area (Å²) in [6.45, 7) is 1.67. The second-order valence-electron chi connectivity index (χ2n) is 2.76. The van der Waals surface area contributed by atoms with Crippen molar-refractivity contribution in [2.45, 2.75) is 13.3 Å². The minimum Gasteiger partial charge on any atom is -0.458 e. The molecule has 0 bridgehead atoms. The molecule has 0 heterocycles. The van der Waals surface area contributed by atoms with Gasteiger partial charge in [0.05, 0.1) is 0 Å². The summed E-state index contributed by atoms with van der Waals surface area (Å²) in [5.41, 5.74) is 0.189. The summed E-state index contributed by atoms with van der Waals surface area (Å²) in [4.78, 5) is 22.3. The molecule has 0 unspecified atom stereocenters. The minimum atomic E-state index is -0.630. The van der Waals surface area contributed by atoms with Crippen LogP contribution in [0.5, 0.6) is 5.75 Å². The Labute approximate surface area is 87.8 Å². The lowest BCUT2D eigenvalue weighted by molar-refractivity contribution is -0.134. The van der Waals surface area contributed by atoms with Gasteiger partial charge in [-0.1, -0.05) is 19.1 Å². The summed E-state index contributed by atoms with van der Waals surface area (Å²) in [7, 11) is 3.01. The first-order chi connectivity index (χ1) is 7.19. The number of para-hydroxylation sites is 1. The molecule has 4 nitrogen and oxygen atoms in total. The highest BCUT2D eigenvalue weighted by Gasteiger charge is 2.13. The molecule has 0 spiro atoms. The van der Waals surface area contributed by atoms with Crippen LogP contribution < -0.4 is 4.74 Å². The molecule has 0 aliphatic carbocycles. The fraction of sp³-hybridized carbons (Fsp3) is 0.182. The van der Waals surface area contributed by atoms with Gasteiger partial charge in [-0.25, -0.2) is 4.79 Å². The Morgan fingerprint density at radius 1 is 1.33 bits per heavy atom. The molecule has 0 fully saturated rings. The molecule has 0 aromatic heterocycles. The number of rotatable bonds is 3. The predicted octanol–water partition coefficient (Wildman–Crippen LogP) is 1.95. The summed E-state index contributed by atoms with van der Waals surface area (Å²) >= 11 is 0. The second-order valence-corrected chi connectivity index (χ2v) is 2.76. The van der Waals surface area contributed by atoms with Gasteiger partial charge < -0.3 is 9.47 Å².